The highest BCUT2D eigenvalue weighted by Crippen LogP contribution is 2.32. The Balaban J connectivity index is 1.99. The molecule has 4 heteroatoms. The van der Waals surface area contributed by atoms with Crippen molar-refractivity contribution in [2.75, 3.05) is 17.2 Å². The zero-order valence-corrected chi connectivity index (χ0v) is 12.6. The standard InChI is InChI=1S/C16H18N2OS/c1-10-8-15(20-11(10)2)16(19)18-7-3-4-12-5-6-13(17)9-14(12)18/h5-6,8-9H,3-4,7,17H2,1-2H3. The molecule has 0 bridgehead atoms. The van der Waals surface area contributed by atoms with Crippen LogP contribution in [0.1, 0.15) is 32.1 Å². The van der Waals surface area contributed by atoms with E-state index in [1.165, 1.54) is 16.0 Å². The van der Waals surface area contributed by atoms with E-state index in [-0.39, 0.29) is 5.91 Å². The highest BCUT2D eigenvalue weighted by Gasteiger charge is 2.25. The predicted octanol–water partition coefficient (Wildman–Crippen LogP) is 3.54. The largest absolute Gasteiger partial charge is 0.399 e. The molecule has 1 amide bonds. The van der Waals surface area contributed by atoms with Crippen LogP contribution in [0.25, 0.3) is 0 Å². The van der Waals surface area contributed by atoms with E-state index in [2.05, 4.69) is 6.92 Å². The summed E-state index contributed by atoms with van der Waals surface area (Å²) in [5, 5.41) is 0. The normalized spacial score (nSPS) is 14.2. The van der Waals surface area contributed by atoms with Crippen molar-refractivity contribution in [1.29, 1.82) is 0 Å². The summed E-state index contributed by atoms with van der Waals surface area (Å²) in [4.78, 5) is 16.6. The summed E-state index contributed by atoms with van der Waals surface area (Å²) in [7, 11) is 0. The van der Waals surface area contributed by atoms with Gasteiger partial charge in [0.1, 0.15) is 0 Å². The number of carbonyl (C=O) groups is 1. The van der Waals surface area contributed by atoms with Crippen molar-refractivity contribution >= 4 is 28.6 Å². The Labute approximate surface area is 123 Å². The third-order valence-corrected chi connectivity index (χ3v) is 4.99. The maximum Gasteiger partial charge on any atom is 0.268 e. The lowest BCUT2D eigenvalue weighted by molar-refractivity contribution is 0.0989. The van der Waals surface area contributed by atoms with Gasteiger partial charge in [-0.05, 0) is 56.0 Å². The topological polar surface area (TPSA) is 46.3 Å². The van der Waals surface area contributed by atoms with Gasteiger partial charge in [-0.3, -0.25) is 4.79 Å². The number of rotatable bonds is 1. The molecular weight excluding hydrogens is 268 g/mol. The van der Waals surface area contributed by atoms with Gasteiger partial charge in [-0.15, -0.1) is 11.3 Å². The van der Waals surface area contributed by atoms with Crippen molar-refractivity contribution < 1.29 is 4.79 Å². The Morgan fingerprint density at radius 3 is 2.80 bits per heavy atom. The van der Waals surface area contributed by atoms with Crippen LogP contribution in [-0.2, 0) is 6.42 Å². The Morgan fingerprint density at radius 1 is 1.30 bits per heavy atom. The second kappa shape index (κ2) is 4.94. The number of anilines is 2. The fraction of sp³-hybridized carbons (Fsp3) is 0.312. The number of nitrogens with two attached hydrogens (primary N) is 1. The van der Waals surface area contributed by atoms with Crippen LogP contribution in [0.3, 0.4) is 0 Å². The number of benzene rings is 1. The van der Waals surface area contributed by atoms with Gasteiger partial charge in [0.05, 0.1) is 4.88 Å². The monoisotopic (exact) mass is 286 g/mol. The van der Waals surface area contributed by atoms with Gasteiger partial charge in [0.25, 0.3) is 5.91 Å². The van der Waals surface area contributed by atoms with Crippen molar-refractivity contribution in [1.82, 2.24) is 0 Å². The zero-order chi connectivity index (χ0) is 14.3. The molecule has 20 heavy (non-hydrogen) atoms. The van der Waals surface area contributed by atoms with Crippen LogP contribution in [0, 0.1) is 13.8 Å². The molecule has 0 saturated carbocycles. The molecule has 2 aromatic rings. The van der Waals surface area contributed by atoms with Gasteiger partial charge in [-0.2, -0.15) is 0 Å². The molecule has 0 unspecified atom stereocenters. The summed E-state index contributed by atoms with van der Waals surface area (Å²) in [5.74, 6) is 0.0951. The van der Waals surface area contributed by atoms with Crippen molar-refractivity contribution in [3.8, 4) is 0 Å². The molecule has 1 aromatic heterocycles. The first-order valence-corrected chi connectivity index (χ1v) is 7.65. The number of hydrogen-bond donors (Lipinski definition) is 1. The van der Waals surface area contributed by atoms with Crippen LogP contribution in [-0.4, -0.2) is 12.5 Å². The van der Waals surface area contributed by atoms with E-state index in [4.69, 9.17) is 5.73 Å². The van der Waals surface area contributed by atoms with E-state index in [0.29, 0.717) is 5.69 Å². The molecule has 104 valence electrons. The van der Waals surface area contributed by atoms with E-state index in [1.54, 1.807) is 11.3 Å². The number of amides is 1. The highest BCUT2D eigenvalue weighted by atomic mass is 32.1. The van der Waals surface area contributed by atoms with Crippen molar-refractivity contribution in [2.24, 2.45) is 0 Å². The third kappa shape index (κ3) is 2.20. The SMILES string of the molecule is Cc1cc(C(=O)N2CCCc3ccc(N)cc32)sc1C. The van der Waals surface area contributed by atoms with E-state index in [1.807, 2.05) is 36.1 Å². The Morgan fingerprint density at radius 2 is 2.10 bits per heavy atom. The number of nitrogen functional groups attached to an aromatic ring is 1. The minimum Gasteiger partial charge on any atom is -0.399 e. The molecular formula is C16H18N2OS. The van der Waals surface area contributed by atoms with Gasteiger partial charge in [-0.25, -0.2) is 0 Å². The molecule has 0 atom stereocenters. The molecule has 1 aromatic carbocycles. The summed E-state index contributed by atoms with van der Waals surface area (Å²) in [6, 6.07) is 7.85. The second-order valence-corrected chi connectivity index (χ2v) is 6.55. The van der Waals surface area contributed by atoms with Gasteiger partial charge < -0.3 is 10.6 Å². The maximum absolute atomic E-state index is 12.7. The lowest BCUT2D eigenvalue weighted by atomic mass is 10.0. The molecule has 0 saturated heterocycles. The summed E-state index contributed by atoms with van der Waals surface area (Å²) >= 11 is 1.57. The summed E-state index contributed by atoms with van der Waals surface area (Å²) in [5.41, 5.74) is 9.96. The first-order valence-electron chi connectivity index (χ1n) is 6.83. The molecule has 0 radical (unpaired) electrons. The molecule has 1 aliphatic rings. The number of fused-ring (bicyclic) bond motifs is 1. The molecule has 1 aliphatic heterocycles. The van der Waals surface area contributed by atoms with E-state index in [0.717, 1.165) is 30.0 Å². The van der Waals surface area contributed by atoms with Crippen LogP contribution in [0.4, 0.5) is 11.4 Å². The van der Waals surface area contributed by atoms with Crippen molar-refractivity contribution in [3.63, 3.8) is 0 Å². The molecule has 3 rings (SSSR count). The Bertz CT molecular complexity index is 656. The number of nitrogens with zero attached hydrogens (tertiary/aromatic N) is 1. The van der Waals surface area contributed by atoms with Crippen LogP contribution in [0.15, 0.2) is 24.3 Å². The fourth-order valence-electron chi connectivity index (χ4n) is 2.61. The highest BCUT2D eigenvalue weighted by molar-refractivity contribution is 7.14. The number of carbonyl (C=O) groups excluding carboxylic acids is 1. The van der Waals surface area contributed by atoms with Crippen LogP contribution in [0.5, 0.6) is 0 Å². The fourth-order valence-corrected chi connectivity index (χ4v) is 3.60. The molecule has 0 aliphatic carbocycles. The molecule has 2 N–H and O–H groups in total. The van der Waals surface area contributed by atoms with Crippen molar-refractivity contribution in [2.45, 2.75) is 26.7 Å². The lowest BCUT2D eigenvalue weighted by Gasteiger charge is -2.29. The van der Waals surface area contributed by atoms with Crippen LogP contribution in [0.2, 0.25) is 0 Å². The second-order valence-electron chi connectivity index (χ2n) is 5.30. The quantitative estimate of drug-likeness (QED) is 0.815. The van der Waals surface area contributed by atoms with Crippen LogP contribution < -0.4 is 10.6 Å². The third-order valence-electron chi connectivity index (χ3n) is 3.85. The van der Waals surface area contributed by atoms with Gasteiger partial charge in [0.2, 0.25) is 0 Å². The molecule has 2 heterocycles. The average Bonchev–Trinajstić information content (AvgIpc) is 2.77. The van der Waals surface area contributed by atoms with E-state index in [9.17, 15) is 4.79 Å². The molecule has 0 spiro atoms. The van der Waals surface area contributed by atoms with Crippen molar-refractivity contribution in [3.05, 3.63) is 45.1 Å². The Kier molecular flexibility index (Phi) is 3.26. The average molecular weight is 286 g/mol. The first-order chi connectivity index (χ1) is 9.56. The summed E-state index contributed by atoms with van der Waals surface area (Å²) in [6.45, 7) is 4.87. The zero-order valence-electron chi connectivity index (χ0n) is 11.8. The van der Waals surface area contributed by atoms with Gasteiger partial charge >= 0.3 is 0 Å². The van der Waals surface area contributed by atoms with E-state index >= 15 is 0 Å². The summed E-state index contributed by atoms with van der Waals surface area (Å²) < 4.78 is 0. The maximum atomic E-state index is 12.7. The lowest BCUT2D eigenvalue weighted by Crippen LogP contribution is -2.35. The van der Waals surface area contributed by atoms with Gasteiger partial charge in [0.15, 0.2) is 0 Å². The minimum absolute atomic E-state index is 0.0951. The number of hydrogen-bond acceptors (Lipinski definition) is 3. The van der Waals surface area contributed by atoms with Gasteiger partial charge in [0, 0.05) is 22.8 Å². The smallest absolute Gasteiger partial charge is 0.268 e. The Hall–Kier alpha value is -1.81. The molecule has 3 nitrogen and oxygen atoms in total. The number of aryl methyl sites for hydroxylation is 3. The summed E-state index contributed by atoms with van der Waals surface area (Å²) in [6.07, 6.45) is 2.02. The molecule has 0 fully saturated rings. The van der Waals surface area contributed by atoms with Gasteiger partial charge in [-0.1, -0.05) is 6.07 Å². The number of thiophene rings is 1. The first kappa shape index (κ1) is 13.2. The van der Waals surface area contributed by atoms with E-state index < -0.39 is 0 Å². The minimum atomic E-state index is 0.0951. The van der Waals surface area contributed by atoms with Crippen LogP contribution >= 0.6 is 11.3 Å². The predicted molar refractivity (Wildman–Crippen MR) is 84.6 cm³/mol.